The topological polar surface area (TPSA) is 12.0 Å². The van der Waals surface area contributed by atoms with E-state index in [1.807, 2.05) is 0 Å². The Labute approximate surface area is 83.3 Å². The molecule has 1 nitrogen and oxygen atoms in total. The molecule has 0 amide bonds. The molecule has 3 atom stereocenters. The first kappa shape index (κ1) is 11.0. The van der Waals surface area contributed by atoms with Gasteiger partial charge in [-0.1, -0.05) is 33.6 Å². The van der Waals surface area contributed by atoms with Gasteiger partial charge in [0.25, 0.3) is 0 Å². The highest BCUT2D eigenvalue weighted by Gasteiger charge is 2.24. The Morgan fingerprint density at radius 1 is 1.23 bits per heavy atom. The molecule has 78 valence electrons. The molecule has 0 aromatic heterocycles. The average molecular weight is 183 g/mol. The zero-order valence-electron chi connectivity index (χ0n) is 9.47. The van der Waals surface area contributed by atoms with Crippen LogP contribution in [-0.4, -0.2) is 12.6 Å². The Bertz CT molecular complexity index is 133. The summed E-state index contributed by atoms with van der Waals surface area (Å²) in [6.07, 6.45) is 6.89. The number of hydrogen-bond acceptors (Lipinski definition) is 1. The van der Waals surface area contributed by atoms with Gasteiger partial charge in [0.1, 0.15) is 0 Å². The molecule has 1 aliphatic rings. The molecule has 1 heteroatoms. The molecule has 0 heterocycles. The molecule has 1 rings (SSSR count). The maximum atomic E-state index is 3.70. The molecule has 0 aromatic rings. The molecule has 1 N–H and O–H groups in total. The Morgan fingerprint density at radius 3 is 2.69 bits per heavy atom. The number of rotatable bonds is 4. The van der Waals surface area contributed by atoms with Gasteiger partial charge in [-0.05, 0) is 37.6 Å². The molecule has 1 fully saturated rings. The Kier molecular flexibility index (Phi) is 4.79. The first-order valence-corrected chi connectivity index (χ1v) is 5.97. The molecule has 3 unspecified atom stereocenters. The Hall–Kier alpha value is -0.0400. The maximum absolute atomic E-state index is 3.70. The zero-order valence-corrected chi connectivity index (χ0v) is 9.47. The second-order valence-corrected chi connectivity index (χ2v) is 4.81. The van der Waals surface area contributed by atoms with Gasteiger partial charge in [-0.25, -0.2) is 0 Å². The lowest BCUT2D eigenvalue weighted by molar-refractivity contribution is 0.228. The van der Waals surface area contributed by atoms with Crippen LogP contribution in [0.25, 0.3) is 0 Å². The summed E-state index contributed by atoms with van der Waals surface area (Å²) in [7, 11) is 0. The standard InChI is InChI=1S/C12H25N/c1-4-5-8-13-12-9-10(2)6-7-11(12)3/h10-13H,4-9H2,1-3H3. The number of unbranched alkanes of at least 4 members (excludes halogenated alkanes) is 1. The normalized spacial score (nSPS) is 34.8. The van der Waals surface area contributed by atoms with Gasteiger partial charge >= 0.3 is 0 Å². The fourth-order valence-corrected chi connectivity index (χ4v) is 2.28. The largest absolute Gasteiger partial charge is 0.314 e. The lowest BCUT2D eigenvalue weighted by Crippen LogP contribution is -2.39. The van der Waals surface area contributed by atoms with E-state index >= 15 is 0 Å². The van der Waals surface area contributed by atoms with E-state index in [9.17, 15) is 0 Å². The summed E-state index contributed by atoms with van der Waals surface area (Å²) >= 11 is 0. The van der Waals surface area contributed by atoms with Crippen LogP contribution in [0.15, 0.2) is 0 Å². The SMILES string of the molecule is CCCCNC1CC(C)CCC1C. The van der Waals surface area contributed by atoms with E-state index in [1.54, 1.807) is 0 Å². The first-order valence-electron chi connectivity index (χ1n) is 5.97. The second-order valence-electron chi connectivity index (χ2n) is 4.81. The van der Waals surface area contributed by atoms with E-state index in [2.05, 4.69) is 26.1 Å². The summed E-state index contributed by atoms with van der Waals surface area (Å²) in [6.45, 7) is 8.27. The van der Waals surface area contributed by atoms with Crippen LogP contribution in [0.4, 0.5) is 0 Å². The summed E-state index contributed by atoms with van der Waals surface area (Å²) in [5.74, 6) is 1.84. The van der Waals surface area contributed by atoms with Crippen LogP contribution in [0, 0.1) is 11.8 Å². The average Bonchev–Trinajstić information content (AvgIpc) is 2.11. The Balaban J connectivity index is 2.21. The van der Waals surface area contributed by atoms with E-state index in [0.717, 1.165) is 17.9 Å². The fourth-order valence-electron chi connectivity index (χ4n) is 2.28. The fraction of sp³-hybridized carbons (Fsp3) is 1.00. The molecule has 0 aromatic carbocycles. The van der Waals surface area contributed by atoms with Gasteiger partial charge in [0.2, 0.25) is 0 Å². The summed E-state index contributed by atoms with van der Waals surface area (Å²) in [6, 6.07) is 0.801. The number of nitrogens with one attached hydrogen (secondary N) is 1. The highest BCUT2D eigenvalue weighted by atomic mass is 14.9. The lowest BCUT2D eigenvalue weighted by atomic mass is 9.80. The van der Waals surface area contributed by atoms with Crippen LogP contribution in [-0.2, 0) is 0 Å². The van der Waals surface area contributed by atoms with Crippen LogP contribution in [0.3, 0.4) is 0 Å². The van der Waals surface area contributed by atoms with Crippen molar-refractivity contribution in [1.29, 1.82) is 0 Å². The van der Waals surface area contributed by atoms with Gasteiger partial charge in [0.15, 0.2) is 0 Å². The van der Waals surface area contributed by atoms with Gasteiger partial charge in [-0.2, -0.15) is 0 Å². The quantitative estimate of drug-likeness (QED) is 0.660. The van der Waals surface area contributed by atoms with Crippen molar-refractivity contribution in [3.63, 3.8) is 0 Å². The van der Waals surface area contributed by atoms with Crippen LogP contribution in [0.2, 0.25) is 0 Å². The van der Waals surface area contributed by atoms with Gasteiger partial charge in [0, 0.05) is 6.04 Å². The first-order chi connectivity index (χ1) is 6.24. The minimum Gasteiger partial charge on any atom is -0.314 e. The third kappa shape index (κ3) is 3.68. The van der Waals surface area contributed by atoms with Gasteiger partial charge in [-0.3, -0.25) is 0 Å². The third-order valence-corrected chi connectivity index (χ3v) is 3.39. The number of hydrogen-bond donors (Lipinski definition) is 1. The van der Waals surface area contributed by atoms with Crippen molar-refractivity contribution in [3.8, 4) is 0 Å². The molecule has 13 heavy (non-hydrogen) atoms. The molecule has 1 aliphatic carbocycles. The molecule has 0 radical (unpaired) electrons. The van der Waals surface area contributed by atoms with Crippen LogP contribution < -0.4 is 5.32 Å². The third-order valence-electron chi connectivity index (χ3n) is 3.39. The molecule has 0 saturated heterocycles. The predicted molar refractivity (Wildman–Crippen MR) is 58.9 cm³/mol. The molecular formula is C12H25N. The smallest absolute Gasteiger partial charge is 0.00952 e. The predicted octanol–water partition coefficient (Wildman–Crippen LogP) is 3.20. The van der Waals surface area contributed by atoms with E-state index < -0.39 is 0 Å². The van der Waals surface area contributed by atoms with Gasteiger partial charge < -0.3 is 5.32 Å². The second kappa shape index (κ2) is 5.64. The van der Waals surface area contributed by atoms with Crippen molar-refractivity contribution >= 4 is 0 Å². The summed E-state index contributed by atoms with van der Waals surface area (Å²) in [5, 5.41) is 3.70. The maximum Gasteiger partial charge on any atom is 0.00952 e. The van der Waals surface area contributed by atoms with Crippen molar-refractivity contribution in [2.75, 3.05) is 6.54 Å². The van der Waals surface area contributed by atoms with Crippen molar-refractivity contribution in [3.05, 3.63) is 0 Å². The minimum absolute atomic E-state index is 0.801. The van der Waals surface area contributed by atoms with Crippen LogP contribution >= 0.6 is 0 Å². The van der Waals surface area contributed by atoms with E-state index in [4.69, 9.17) is 0 Å². The van der Waals surface area contributed by atoms with Crippen molar-refractivity contribution < 1.29 is 0 Å². The molecule has 1 saturated carbocycles. The molecule has 0 bridgehead atoms. The Morgan fingerprint density at radius 2 is 2.00 bits per heavy atom. The highest BCUT2D eigenvalue weighted by molar-refractivity contribution is 4.80. The van der Waals surface area contributed by atoms with Crippen LogP contribution in [0.5, 0.6) is 0 Å². The lowest BCUT2D eigenvalue weighted by Gasteiger charge is -2.33. The van der Waals surface area contributed by atoms with Crippen LogP contribution in [0.1, 0.15) is 52.9 Å². The van der Waals surface area contributed by atoms with Gasteiger partial charge in [0.05, 0.1) is 0 Å². The van der Waals surface area contributed by atoms with Crippen molar-refractivity contribution in [2.45, 2.75) is 58.9 Å². The molecule has 0 aliphatic heterocycles. The van der Waals surface area contributed by atoms with E-state index in [0.29, 0.717) is 0 Å². The summed E-state index contributed by atoms with van der Waals surface area (Å²) < 4.78 is 0. The molecular weight excluding hydrogens is 158 g/mol. The van der Waals surface area contributed by atoms with Gasteiger partial charge in [-0.15, -0.1) is 0 Å². The monoisotopic (exact) mass is 183 g/mol. The zero-order chi connectivity index (χ0) is 9.68. The van der Waals surface area contributed by atoms with Crippen molar-refractivity contribution in [2.24, 2.45) is 11.8 Å². The highest BCUT2D eigenvalue weighted by Crippen LogP contribution is 2.28. The molecule has 0 spiro atoms. The van der Waals surface area contributed by atoms with Crippen molar-refractivity contribution in [1.82, 2.24) is 5.32 Å². The summed E-state index contributed by atoms with van der Waals surface area (Å²) in [5.41, 5.74) is 0. The van der Waals surface area contributed by atoms with E-state index in [-0.39, 0.29) is 0 Å². The van der Waals surface area contributed by atoms with E-state index in [1.165, 1.54) is 38.6 Å². The summed E-state index contributed by atoms with van der Waals surface area (Å²) in [4.78, 5) is 0. The minimum atomic E-state index is 0.801.